The Labute approximate surface area is 147 Å². The summed E-state index contributed by atoms with van der Waals surface area (Å²) in [4.78, 5) is 28.4. The lowest BCUT2D eigenvalue weighted by molar-refractivity contribution is -0.145. The molecule has 25 heavy (non-hydrogen) atoms. The molecule has 2 rings (SSSR count). The monoisotopic (exact) mass is 352 g/mol. The van der Waals surface area contributed by atoms with Crippen LogP contribution >= 0.6 is 0 Å². The van der Waals surface area contributed by atoms with Crippen LogP contribution < -0.4 is 0 Å². The third-order valence-electron chi connectivity index (χ3n) is 4.27. The first-order chi connectivity index (χ1) is 12.0. The number of carbonyl (C=O) groups is 2. The van der Waals surface area contributed by atoms with Gasteiger partial charge in [0.25, 0.3) is 5.91 Å². The number of rotatable bonds is 7. The number of ether oxygens (including phenoxy) is 2. The van der Waals surface area contributed by atoms with Gasteiger partial charge in [-0.25, -0.2) is 4.39 Å². The average Bonchev–Trinajstić information content (AvgIpc) is 2.65. The Morgan fingerprint density at radius 1 is 1.28 bits per heavy atom. The van der Waals surface area contributed by atoms with E-state index in [2.05, 4.69) is 4.90 Å². The van der Waals surface area contributed by atoms with Crippen molar-refractivity contribution in [1.29, 1.82) is 0 Å². The Kier molecular flexibility index (Phi) is 7.33. The third kappa shape index (κ3) is 5.79. The Morgan fingerprint density at radius 2 is 1.92 bits per heavy atom. The van der Waals surface area contributed by atoms with E-state index in [-0.39, 0.29) is 24.2 Å². The van der Waals surface area contributed by atoms with Gasteiger partial charge in [0.15, 0.2) is 0 Å². The van der Waals surface area contributed by atoms with Gasteiger partial charge in [-0.05, 0) is 24.3 Å². The largest absolute Gasteiger partial charge is 0.469 e. The summed E-state index contributed by atoms with van der Waals surface area (Å²) in [6, 6.07) is 5.44. The summed E-state index contributed by atoms with van der Waals surface area (Å²) in [6.07, 6.45) is 0. The molecule has 7 heteroatoms. The molecule has 1 aromatic carbocycles. The van der Waals surface area contributed by atoms with Crippen LogP contribution in [0.25, 0.3) is 0 Å². The van der Waals surface area contributed by atoms with Gasteiger partial charge >= 0.3 is 5.97 Å². The highest BCUT2D eigenvalue weighted by Gasteiger charge is 2.23. The zero-order valence-corrected chi connectivity index (χ0v) is 14.7. The zero-order valence-electron chi connectivity index (χ0n) is 14.7. The lowest BCUT2D eigenvalue weighted by Gasteiger charge is -2.31. The van der Waals surface area contributed by atoms with Crippen LogP contribution in [0.15, 0.2) is 24.3 Å². The maximum atomic E-state index is 13.1. The Bertz CT molecular complexity index is 573. The van der Waals surface area contributed by atoms with Crippen LogP contribution in [0.5, 0.6) is 0 Å². The fraction of sp³-hybridized carbons (Fsp3) is 0.556. The maximum Gasteiger partial charge on any atom is 0.310 e. The van der Waals surface area contributed by atoms with Gasteiger partial charge in [0.2, 0.25) is 0 Å². The van der Waals surface area contributed by atoms with Gasteiger partial charge in [0.05, 0.1) is 26.2 Å². The van der Waals surface area contributed by atoms with Gasteiger partial charge in [-0.1, -0.05) is 6.92 Å². The van der Waals surface area contributed by atoms with Crippen LogP contribution in [0.2, 0.25) is 0 Å². The molecule has 0 saturated carbocycles. The molecule has 1 aliphatic rings. The summed E-state index contributed by atoms with van der Waals surface area (Å²) >= 11 is 0. The number of benzene rings is 1. The second-order valence-corrected chi connectivity index (χ2v) is 6.14. The first-order valence-corrected chi connectivity index (χ1v) is 8.44. The number of hydrogen-bond donors (Lipinski definition) is 0. The van der Waals surface area contributed by atoms with Gasteiger partial charge < -0.3 is 14.4 Å². The molecule has 0 spiro atoms. The molecule has 1 aliphatic heterocycles. The number of methoxy groups -OCH3 is 1. The molecule has 1 amide bonds. The van der Waals surface area contributed by atoms with Crippen molar-refractivity contribution < 1.29 is 23.5 Å². The van der Waals surface area contributed by atoms with Crippen LogP contribution in [0.1, 0.15) is 17.3 Å². The Morgan fingerprint density at radius 3 is 2.52 bits per heavy atom. The second kappa shape index (κ2) is 9.48. The molecule has 1 aromatic rings. The van der Waals surface area contributed by atoms with E-state index in [4.69, 9.17) is 9.47 Å². The fourth-order valence-corrected chi connectivity index (χ4v) is 2.74. The molecule has 0 N–H and O–H groups in total. The average molecular weight is 352 g/mol. The fourth-order valence-electron chi connectivity index (χ4n) is 2.74. The van der Waals surface area contributed by atoms with E-state index >= 15 is 0 Å². The SMILES string of the molecule is COC(=O)C(C)CN(CCN1CCOCC1)C(=O)c1ccc(F)cc1. The predicted molar refractivity (Wildman–Crippen MR) is 90.7 cm³/mol. The smallest absolute Gasteiger partial charge is 0.310 e. The number of amides is 1. The van der Waals surface area contributed by atoms with Crippen LogP contribution in [-0.4, -0.2) is 74.7 Å². The Balaban J connectivity index is 2.05. The quantitative estimate of drug-likeness (QED) is 0.695. The van der Waals surface area contributed by atoms with Crippen molar-refractivity contribution >= 4 is 11.9 Å². The van der Waals surface area contributed by atoms with Crippen LogP contribution in [0.4, 0.5) is 4.39 Å². The van der Waals surface area contributed by atoms with Crippen molar-refractivity contribution in [3.8, 4) is 0 Å². The molecule has 1 unspecified atom stereocenters. The van der Waals surface area contributed by atoms with Gasteiger partial charge in [0.1, 0.15) is 5.82 Å². The van der Waals surface area contributed by atoms with Gasteiger partial charge in [-0.15, -0.1) is 0 Å². The van der Waals surface area contributed by atoms with Gasteiger partial charge in [-0.2, -0.15) is 0 Å². The van der Waals surface area contributed by atoms with Crippen molar-refractivity contribution in [2.45, 2.75) is 6.92 Å². The molecular formula is C18H25FN2O4. The van der Waals surface area contributed by atoms with Crippen LogP contribution in [0.3, 0.4) is 0 Å². The number of nitrogens with zero attached hydrogens (tertiary/aromatic N) is 2. The van der Waals surface area contributed by atoms with Crippen molar-refractivity contribution in [1.82, 2.24) is 9.80 Å². The van der Waals surface area contributed by atoms with Crippen LogP contribution in [-0.2, 0) is 14.3 Å². The molecule has 1 atom stereocenters. The van der Waals surface area contributed by atoms with E-state index in [0.717, 1.165) is 13.1 Å². The molecule has 0 radical (unpaired) electrons. The molecule has 138 valence electrons. The normalized spacial score (nSPS) is 16.3. The molecule has 1 heterocycles. The molecular weight excluding hydrogens is 327 g/mol. The minimum absolute atomic E-state index is 0.219. The summed E-state index contributed by atoms with van der Waals surface area (Å²) in [6.45, 7) is 6.19. The van der Waals surface area contributed by atoms with Gasteiger partial charge in [-0.3, -0.25) is 14.5 Å². The van der Waals surface area contributed by atoms with E-state index in [9.17, 15) is 14.0 Å². The maximum absolute atomic E-state index is 13.1. The Hall–Kier alpha value is -1.99. The summed E-state index contributed by atoms with van der Waals surface area (Å²) in [5.74, 6) is -1.40. The van der Waals surface area contributed by atoms with E-state index in [1.54, 1.807) is 11.8 Å². The van der Waals surface area contributed by atoms with E-state index in [0.29, 0.717) is 31.9 Å². The summed E-state index contributed by atoms with van der Waals surface area (Å²) in [5.41, 5.74) is 0.403. The number of halogens is 1. The minimum atomic E-state index is -0.431. The lowest BCUT2D eigenvalue weighted by atomic mass is 10.1. The van der Waals surface area contributed by atoms with E-state index < -0.39 is 5.92 Å². The highest BCUT2D eigenvalue weighted by Crippen LogP contribution is 2.11. The van der Waals surface area contributed by atoms with Crippen molar-refractivity contribution in [3.63, 3.8) is 0 Å². The first-order valence-electron chi connectivity index (χ1n) is 8.44. The molecule has 0 aromatic heterocycles. The van der Waals surface area contributed by atoms with E-state index in [1.807, 2.05) is 0 Å². The molecule has 6 nitrogen and oxygen atoms in total. The van der Waals surface area contributed by atoms with Crippen LogP contribution in [0, 0.1) is 11.7 Å². The molecule has 0 bridgehead atoms. The van der Waals surface area contributed by atoms with Gasteiger partial charge in [0, 0.05) is 38.3 Å². The molecule has 1 saturated heterocycles. The topological polar surface area (TPSA) is 59.1 Å². The van der Waals surface area contributed by atoms with E-state index in [1.165, 1.54) is 31.4 Å². The van der Waals surface area contributed by atoms with Crippen molar-refractivity contribution in [2.24, 2.45) is 5.92 Å². The standard InChI is InChI=1S/C18H25FN2O4/c1-14(18(23)24-2)13-21(8-7-20-9-11-25-12-10-20)17(22)15-3-5-16(19)6-4-15/h3-6,14H,7-13H2,1-2H3. The predicted octanol–water partition coefficient (Wildman–Crippen LogP) is 1.41. The van der Waals surface area contributed by atoms with Crippen molar-refractivity contribution in [3.05, 3.63) is 35.6 Å². The minimum Gasteiger partial charge on any atom is -0.469 e. The number of morpholine rings is 1. The van der Waals surface area contributed by atoms with Crippen molar-refractivity contribution in [2.75, 3.05) is 53.0 Å². The molecule has 1 fully saturated rings. The summed E-state index contributed by atoms with van der Waals surface area (Å²) < 4.78 is 23.2. The third-order valence-corrected chi connectivity index (χ3v) is 4.27. The summed E-state index contributed by atoms with van der Waals surface area (Å²) in [5, 5.41) is 0. The molecule has 0 aliphatic carbocycles. The zero-order chi connectivity index (χ0) is 18.2. The highest BCUT2D eigenvalue weighted by atomic mass is 19.1. The second-order valence-electron chi connectivity index (χ2n) is 6.14. The number of esters is 1. The highest BCUT2D eigenvalue weighted by molar-refractivity contribution is 5.94. The first kappa shape index (κ1) is 19.3. The summed E-state index contributed by atoms with van der Waals surface area (Å²) in [7, 11) is 1.33. The lowest BCUT2D eigenvalue weighted by Crippen LogP contribution is -2.45. The number of carbonyl (C=O) groups excluding carboxylic acids is 2. The number of hydrogen-bond acceptors (Lipinski definition) is 5.